The lowest BCUT2D eigenvalue weighted by molar-refractivity contribution is -0.120. The quantitative estimate of drug-likeness (QED) is 0.721. The maximum Gasteiger partial charge on any atom is 0.238 e. The van der Waals surface area contributed by atoms with Crippen LogP contribution in [0.2, 0.25) is 10.0 Å². The zero-order valence-corrected chi connectivity index (χ0v) is 12.8. The van der Waals surface area contributed by atoms with Crippen LogP contribution in [-0.4, -0.2) is 54.9 Å². The summed E-state index contributed by atoms with van der Waals surface area (Å²) in [5.41, 5.74) is 6.45. The van der Waals surface area contributed by atoms with Gasteiger partial charge in [0.15, 0.2) is 0 Å². The molecule has 0 saturated carbocycles. The van der Waals surface area contributed by atoms with E-state index in [1.165, 1.54) is 12.1 Å². The summed E-state index contributed by atoms with van der Waals surface area (Å²) in [5.74, 6) is -0.258. The van der Waals surface area contributed by atoms with E-state index in [4.69, 9.17) is 33.7 Å². The molecule has 1 aliphatic heterocycles. The molecule has 1 unspecified atom stereocenters. The van der Waals surface area contributed by atoms with Crippen LogP contribution in [0.4, 0.5) is 11.4 Å². The van der Waals surface area contributed by atoms with Gasteiger partial charge in [-0.3, -0.25) is 9.69 Å². The molecule has 1 atom stereocenters. The van der Waals surface area contributed by atoms with Crippen molar-refractivity contribution in [2.24, 2.45) is 0 Å². The number of nitrogens with zero attached hydrogens (tertiary/aromatic N) is 1. The number of ether oxygens (including phenoxy) is 1. The van der Waals surface area contributed by atoms with Gasteiger partial charge in [0.25, 0.3) is 0 Å². The highest BCUT2D eigenvalue weighted by molar-refractivity contribution is 6.37. The van der Waals surface area contributed by atoms with E-state index in [0.717, 1.165) is 0 Å². The van der Waals surface area contributed by atoms with Crippen molar-refractivity contribution in [3.8, 4) is 0 Å². The summed E-state index contributed by atoms with van der Waals surface area (Å²) in [6.07, 6.45) is 0. The van der Waals surface area contributed by atoms with Crippen molar-refractivity contribution >= 4 is 40.5 Å². The SMILES string of the molecule is Nc1cc(Cl)cc(Cl)c1NC(=O)CN1CCOCC1CO. The number of carbonyl (C=O) groups is 1. The highest BCUT2D eigenvalue weighted by Gasteiger charge is 2.24. The summed E-state index contributed by atoms with van der Waals surface area (Å²) in [7, 11) is 0. The summed E-state index contributed by atoms with van der Waals surface area (Å²) in [5, 5.41) is 12.6. The number of hydrogen-bond donors (Lipinski definition) is 3. The number of rotatable bonds is 4. The summed E-state index contributed by atoms with van der Waals surface area (Å²) < 4.78 is 5.27. The predicted octanol–water partition coefficient (Wildman–Crippen LogP) is 1.21. The molecule has 116 valence electrons. The Labute approximate surface area is 132 Å². The van der Waals surface area contributed by atoms with E-state index >= 15 is 0 Å². The average Bonchev–Trinajstić information content (AvgIpc) is 2.43. The molecule has 1 aliphatic rings. The van der Waals surface area contributed by atoms with E-state index in [9.17, 15) is 9.90 Å². The third kappa shape index (κ3) is 4.21. The van der Waals surface area contributed by atoms with E-state index in [2.05, 4.69) is 5.32 Å². The fourth-order valence-electron chi connectivity index (χ4n) is 2.15. The Morgan fingerprint density at radius 1 is 1.52 bits per heavy atom. The molecule has 0 spiro atoms. The Morgan fingerprint density at radius 3 is 2.95 bits per heavy atom. The molecule has 6 nitrogen and oxygen atoms in total. The molecule has 1 amide bonds. The normalized spacial score (nSPS) is 19.5. The zero-order valence-electron chi connectivity index (χ0n) is 11.3. The van der Waals surface area contributed by atoms with Gasteiger partial charge in [0.05, 0.1) is 48.8 Å². The first-order valence-corrected chi connectivity index (χ1v) is 7.24. The van der Waals surface area contributed by atoms with Crippen LogP contribution in [0.1, 0.15) is 0 Å². The van der Waals surface area contributed by atoms with Gasteiger partial charge in [-0.2, -0.15) is 0 Å². The second kappa shape index (κ2) is 7.29. The number of aliphatic hydroxyl groups excluding tert-OH is 1. The third-order valence-corrected chi connectivity index (χ3v) is 3.77. The van der Waals surface area contributed by atoms with E-state index in [0.29, 0.717) is 36.2 Å². The van der Waals surface area contributed by atoms with Crippen LogP contribution in [0.3, 0.4) is 0 Å². The lowest BCUT2D eigenvalue weighted by atomic mass is 10.2. The van der Waals surface area contributed by atoms with Gasteiger partial charge in [0, 0.05) is 11.6 Å². The number of carbonyl (C=O) groups excluding carboxylic acids is 1. The van der Waals surface area contributed by atoms with Gasteiger partial charge in [-0.15, -0.1) is 0 Å². The Bertz CT molecular complexity index is 504. The average molecular weight is 334 g/mol. The molecule has 1 saturated heterocycles. The zero-order chi connectivity index (χ0) is 15.4. The van der Waals surface area contributed by atoms with Crippen molar-refractivity contribution < 1.29 is 14.6 Å². The lowest BCUT2D eigenvalue weighted by Gasteiger charge is -2.33. The van der Waals surface area contributed by atoms with Crippen molar-refractivity contribution in [2.45, 2.75) is 6.04 Å². The van der Waals surface area contributed by atoms with Crippen LogP contribution >= 0.6 is 23.2 Å². The number of benzene rings is 1. The number of nitrogens with one attached hydrogen (secondary N) is 1. The first-order valence-electron chi connectivity index (χ1n) is 6.48. The van der Waals surface area contributed by atoms with Gasteiger partial charge in [-0.05, 0) is 12.1 Å². The minimum absolute atomic E-state index is 0.0584. The van der Waals surface area contributed by atoms with E-state index < -0.39 is 0 Å². The molecule has 21 heavy (non-hydrogen) atoms. The third-order valence-electron chi connectivity index (χ3n) is 3.26. The molecule has 8 heteroatoms. The Morgan fingerprint density at radius 2 is 2.29 bits per heavy atom. The molecular weight excluding hydrogens is 317 g/mol. The number of nitrogens with two attached hydrogens (primary N) is 1. The number of anilines is 2. The molecule has 4 N–H and O–H groups in total. The smallest absolute Gasteiger partial charge is 0.238 e. The van der Waals surface area contributed by atoms with Crippen molar-refractivity contribution in [3.63, 3.8) is 0 Å². The highest BCUT2D eigenvalue weighted by atomic mass is 35.5. The number of morpholine rings is 1. The van der Waals surface area contributed by atoms with Crippen LogP contribution in [0.5, 0.6) is 0 Å². The molecule has 0 radical (unpaired) electrons. The first-order chi connectivity index (χ1) is 10.0. The summed E-state index contributed by atoms with van der Waals surface area (Å²) in [6.45, 7) is 1.60. The summed E-state index contributed by atoms with van der Waals surface area (Å²) >= 11 is 11.9. The van der Waals surface area contributed by atoms with Gasteiger partial charge in [-0.25, -0.2) is 0 Å². The molecule has 0 aliphatic carbocycles. The fraction of sp³-hybridized carbons (Fsp3) is 0.462. The Balaban J connectivity index is 2.01. The van der Waals surface area contributed by atoms with Crippen molar-refractivity contribution in [1.29, 1.82) is 0 Å². The van der Waals surface area contributed by atoms with Crippen molar-refractivity contribution in [2.75, 3.05) is 44.0 Å². The molecule has 2 rings (SSSR count). The minimum atomic E-state index is -0.258. The minimum Gasteiger partial charge on any atom is -0.397 e. The number of halogens is 2. The van der Waals surface area contributed by atoms with E-state index in [1.807, 2.05) is 4.90 Å². The van der Waals surface area contributed by atoms with Crippen LogP contribution in [-0.2, 0) is 9.53 Å². The fourth-order valence-corrected chi connectivity index (χ4v) is 2.71. The molecule has 0 aromatic heterocycles. The number of aliphatic hydroxyl groups is 1. The van der Waals surface area contributed by atoms with Crippen LogP contribution < -0.4 is 11.1 Å². The molecular formula is C13H17Cl2N3O3. The lowest BCUT2D eigenvalue weighted by Crippen LogP contribution is -2.50. The maximum atomic E-state index is 12.1. The van der Waals surface area contributed by atoms with Crippen LogP contribution in [0.25, 0.3) is 0 Å². The monoisotopic (exact) mass is 333 g/mol. The second-order valence-electron chi connectivity index (χ2n) is 4.78. The molecule has 1 fully saturated rings. The summed E-state index contributed by atoms with van der Waals surface area (Å²) in [6, 6.07) is 2.86. The van der Waals surface area contributed by atoms with E-state index in [-0.39, 0.29) is 30.1 Å². The summed E-state index contributed by atoms with van der Waals surface area (Å²) in [4.78, 5) is 14.0. The largest absolute Gasteiger partial charge is 0.397 e. The molecule has 1 aromatic carbocycles. The molecule has 1 aromatic rings. The van der Waals surface area contributed by atoms with Gasteiger partial charge in [0.2, 0.25) is 5.91 Å². The van der Waals surface area contributed by atoms with Crippen molar-refractivity contribution in [1.82, 2.24) is 4.90 Å². The van der Waals surface area contributed by atoms with Gasteiger partial charge < -0.3 is 20.9 Å². The van der Waals surface area contributed by atoms with Crippen LogP contribution in [0, 0.1) is 0 Å². The second-order valence-corrected chi connectivity index (χ2v) is 5.63. The van der Waals surface area contributed by atoms with E-state index in [1.54, 1.807) is 0 Å². The number of amides is 1. The topological polar surface area (TPSA) is 87.8 Å². The molecule has 0 bridgehead atoms. The maximum absolute atomic E-state index is 12.1. The molecule has 1 heterocycles. The van der Waals surface area contributed by atoms with Gasteiger partial charge >= 0.3 is 0 Å². The highest BCUT2D eigenvalue weighted by Crippen LogP contribution is 2.31. The standard InChI is InChI=1S/C13H17Cl2N3O3/c14-8-3-10(15)13(11(16)4-8)17-12(20)5-18-1-2-21-7-9(18)6-19/h3-4,9,19H,1-2,5-7,16H2,(H,17,20). The predicted molar refractivity (Wildman–Crippen MR) is 82.8 cm³/mol. The van der Waals surface area contributed by atoms with Gasteiger partial charge in [0.1, 0.15) is 0 Å². The van der Waals surface area contributed by atoms with Crippen LogP contribution in [0.15, 0.2) is 12.1 Å². The number of nitrogen functional groups attached to an aromatic ring is 1. The Hall–Kier alpha value is -1.05. The first kappa shape index (κ1) is 16.3. The Kier molecular flexibility index (Phi) is 5.66. The number of hydrogen-bond acceptors (Lipinski definition) is 5. The van der Waals surface area contributed by atoms with Gasteiger partial charge in [-0.1, -0.05) is 23.2 Å². The van der Waals surface area contributed by atoms with Crippen molar-refractivity contribution in [3.05, 3.63) is 22.2 Å².